The molecule has 0 amide bonds. The van der Waals surface area contributed by atoms with Gasteiger partial charge in [-0.1, -0.05) is 52.7 Å². The summed E-state index contributed by atoms with van der Waals surface area (Å²) in [5.41, 5.74) is 4.95. The first-order chi connectivity index (χ1) is 16.0. The van der Waals surface area contributed by atoms with Crippen molar-refractivity contribution in [3.63, 3.8) is 0 Å². The summed E-state index contributed by atoms with van der Waals surface area (Å²) in [7, 11) is 0. The van der Waals surface area contributed by atoms with Crippen molar-refractivity contribution in [2.75, 3.05) is 13.2 Å². The molecule has 3 heterocycles. The van der Waals surface area contributed by atoms with E-state index in [-0.39, 0.29) is 12.1 Å². The standard InChI is InChI=1S/C25H25ClN4O2S/c1-15-5-3-6-18(13-15)23-28-24(32-29-23)21-16(2)30(14-20-7-4-12-31-20)25(33)27-22(21)17-8-10-19(26)11-9-17/h3,5-6,8-11,13,20,22H,4,7,12,14H2,1-2H3,(H,27,33). The second-order valence-electron chi connectivity index (χ2n) is 8.47. The number of nitrogens with one attached hydrogen (secondary N) is 1. The van der Waals surface area contributed by atoms with Gasteiger partial charge in [0.15, 0.2) is 5.11 Å². The normalized spacial score (nSPS) is 20.9. The van der Waals surface area contributed by atoms with Crippen molar-refractivity contribution in [3.8, 4) is 11.4 Å². The Morgan fingerprint density at radius 2 is 2.00 bits per heavy atom. The number of halogens is 1. The summed E-state index contributed by atoms with van der Waals surface area (Å²) in [5.74, 6) is 1.03. The molecule has 2 aliphatic heterocycles. The first kappa shape index (κ1) is 22.1. The predicted octanol–water partition coefficient (Wildman–Crippen LogP) is 5.54. The molecule has 170 valence electrons. The molecule has 8 heteroatoms. The van der Waals surface area contributed by atoms with Crippen molar-refractivity contribution in [3.05, 3.63) is 76.3 Å². The van der Waals surface area contributed by atoms with Crippen LogP contribution in [0.1, 0.15) is 42.8 Å². The van der Waals surface area contributed by atoms with Crippen molar-refractivity contribution >= 4 is 34.5 Å². The highest BCUT2D eigenvalue weighted by molar-refractivity contribution is 7.80. The molecule has 2 aliphatic rings. The van der Waals surface area contributed by atoms with Gasteiger partial charge in [-0.2, -0.15) is 4.98 Å². The van der Waals surface area contributed by atoms with Crippen molar-refractivity contribution in [1.29, 1.82) is 0 Å². The van der Waals surface area contributed by atoms with E-state index in [1.807, 2.05) is 55.5 Å². The van der Waals surface area contributed by atoms with Gasteiger partial charge < -0.3 is 19.5 Å². The molecule has 2 unspecified atom stereocenters. The van der Waals surface area contributed by atoms with Gasteiger partial charge in [-0.15, -0.1) is 0 Å². The van der Waals surface area contributed by atoms with Gasteiger partial charge in [0.05, 0.1) is 24.3 Å². The number of rotatable bonds is 5. The summed E-state index contributed by atoms with van der Waals surface area (Å²) < 4.78 is 11.7. The zero-order chi connectivity index (χ0) is 22.9. The number of hydrogen-bond donors (Lipinski definition) is 1. The van der Waals surface area contributed by atoms with Gasteiger partial charge in [0.25, 0.3) is 5.89 Å². The number of ether oxygens (including phenoxy) is 1. The minimum atomic E-state index is -0.235. The molecular weight excluding hydrogens is 456 g/mol. The maximum Gasteiger partial charge on any atom is 0.258 e. The van der Waals surface area contributed by atoms with E-state index in [9.17, 15) is 0 Å². The first-order valence-corrected chi connectivity index (χ1v) is 11.8. The first-order valence-electron chi connectivity index (χ1n) is 11.1. The molecule has 1 fully saturated rings. The third-order valence-corrected chi connectivity index (χ3v) is 6.73. The van der Waals surface area contributed by atoms with Gasteiger partial charge in [-0.05, 0) is 62.7 Å². The predicted molar refractivity (Wildman–Crippen MR) is 133 cm³/mol. The van der Waals surface area contributed by atoms with Crippen LogP contribution in [-0.4, -0.2) is 39.4 Å². The molecule has 33 heavy (non-hydrogen) atoms. The fraction of sp³-hybridized carbons (Fsp3) is 0.320. The number of allylic oxidation sites excluding steroid dienone is 1. The second-order valence-corrected chi connectivity index (χ2v) is 9.29. The fourth-order valence-corrected chi connectivity index (χ4v) is 4.87. The Hall–Kier alpha value is -2.74. The summed E-state index contributed by atoms with van der Waals surface area (Å²) in [6, 6.07) is 15.6. The number of hydrogen-bond acceptors (Lipinski definition) is 5. The van der Waals surface area contributed by atoms with Crippen LogP contribution < -0.4 is 5.32 Å². The summed E-state index contributed by atoms with van der Waals surface area (Å²) in [5, 5.41) is 9.11. The Kier molecular flexibility index (Phi) is 6.19. The molecule has 2 aromatic carbocycles. The van der Waals surface area contributed by atoms with Crippen molar-refractivity contribution < 1.29 is 9.26 Å². The van der Waals surface area contributed by atoms with E-state index in [1.165, 1.54) is 0 Å². The summed E-state index contributed by atoms with van der Waals surface area (Å²) in [4.78, 5) is 6.86. The lowest BCUT2D eigenvalue weighted by molar-refractivity contribution is 0.0962. The SMILES string of the molecule is CC1=C(c2nc(-c3cccc(C)c3)no2)C(c2ccc(Cl)cc2)NC(=S)N1CC1CCCO1. The topological polar surface area (TPSA) is 63.4 Å². The third kappa shape index (κ3) is 4.53. The molecule has 1 saturated heterocycles. The van der Waals surface area contributed by atoms with Gasteiger partial charge >= 0.3 is 0 Å². The molecule has 1 aromatic heterocycles. The third-order valence-electron chi connectivity index (χ3n) is 6.14. The van der Waals surface area contributed by atoms with Gasteiger partial charge in [-0.25, -0.2) is 0 Å². The number of aromatic nitrogens is 2. The summed E-state index contributed by atoms with van der Waals surface area (Å²) >= 11 is 11.9. The Bertz CT molecular complexity index is 1200. The highest BCUT2D eigenvalue weighted by atomic mass is 35.5. The van der Waals surface area contributed by atoms with E-state index in [4.69, 9.17) is 38.1 Å². The molecule has 0 bridgehead atoms. The van der Waals surface area contributed by atoms with E-state index in [1.54, 1.807) is 0 Å². The molecule has 3 aromatic rings. The Labute approximate surface area is 203 Å². The smallest absolute Gasteiger partial charge is 0.258 e. The minimum Gasteiger partial charge on any atom is -0.376 e. The van der Waals surface area contributed by atoms with Crippen LogP contribution in [0, 0.1) is 6.92 Å². The summed E-state index contributed by atoms with van der Waals surface area (Å²) in [6.07, 6.45) is 2.25. The van der Waals surface area contributed by atoms with E-state index in [0.29, 0.717) is 28.4 Å². The second kappa shape index (κ2) is 9.25. The molecule has 5 rings (SSSR count). The van der Waals surface area contributed by atoms with Crippen molar-refractivity contribution in [1.82, 2.24) is 20.4 Å². The van der Waals surface area contributed by atoms with E-state index in [2.05, 4.69) is 22.3 Å². The minimum absolute atomic E-state index is 0.151. The van der Waals surface area contributed by atoms with Gasteiger partial charge in [0.2, 0.25) is 5.82 Å². The maximum atomic E-state index is 6.14. The number of nitrogens with zero attached hydrogens (tertiary/aromatic N) is 3. The van der Waals surface area contributed by atoms with E-state index < -0.39 is 0 Å². The Balaban J connectivity index is 1.57. The summed E-state index contributed by atoms with van der Waals surface area (Å²) in [6.45, 7) is 5.58. The lowest BCUT2D eigenvalue weighted by Crippen LogP contribution is -2.48. The van der Waals surface area contributed by atoms with E-state index in [0.717, 1.165) is 47.4 Å². The lowest BCUT2D eigenvalue weighted by Gasteiger charge is -2.38. The Morgan fingerprint density at radius 3 is 2.73 bits per heavy atom. The van der Waals surface area contributed by atoms with Crippen LogP contribution in [0.5, 0.6) is 0 Å². The van der Waals surface area contributed by atoms with Crippen LogP contribution in [0.2, 0.25) is 5.02 Å². The Morgan fingerprint density at radius 1 is 1.18 bits per heavy atom. The molecule has 2 atom stereocenters. The maximum absolute atomic E-state index is 6.14. The molecule has 1 N–H and O–H groups in total. The van der Waals surface area contributed by atoms with Crippen LogP contribution >= 0.6 is 23.8 Å². The van der Waals surface area contributed by atoms with Crippen LogP contribution in [0.3, 0.4) is 0 Å². The molecule has 0 saturated carbocycles. The molecule has 0 radical (unpaired) electrons. The van der Waals surface area contributed by atoms with Crippen LogP contribution in [0.15, 0.2) is 58.8 Å². The fourth-order valence-electron chi connectivity index (χ4n) is 4.41. The number of benzene rings is 2. The zero-order valence-electron chi connectivity index (χ0n) is 18.5. The quantitative estimate of drug-likeness (QED) is 0.481. The largest absolute Gasteiger partial charge is 0.376 e. The van der Waals surface area contributed by atoms with Crippen molar-refractivity contribution in [2.24, 2.45) is 0 Å². The highest BCUT2D eigenvalue weighted by Gasteiger charge is 2.35. The highest BCUT2D eigenvalue weighted by Crippen LogP contribution is 2.38. The van der Waals surface area contributed by atoms with Gasteiger partial charge in [0, 0.05) is 22.9 Å². The molecule has 0 aliphatic carbocycles. The number of thiocarbonyl (C=S) groups is 1. The molecule has 6 nitrogen and oxygen atoms in total. The molecular formula is C25H25ClN4O2S. The van der Waals surface area contributed by atoms with Crippen molar-refractivity contribution in [2.45, 2.75) is 38.8 Å². The van der Waals surface area contributed by atoms with E-state index >= 15 is 0 Å². The van der Waals surface area contributed by atoms with Gasteiger partial charge in [0.1, 0.15) is 0 Å². The number of aryl methyl sites for hydroxylation is 1. The van der Waals surface area contributed by atoms with Crippen LogP contribution in [0.4, 0.5) is 0 Å². The van der Waals surface area contributed by atoms with Crippen LogP contribution in [-0.2, 0) is 4.74 Å². The lowest BCUT2D eigenvalue weighted by atomic mass is 9.94. The zero-order valence-corrected chi connectivity index (χ0v) is 20.1. The average molecular weight is 481 g/mol. The van der Waals surface area contributed by atoms with Gasteiger partial charge in [-0.3, -0.25) is 0 Å². The monoisotopic (exact) mass is 480 g/mol. The molecule has 0 spiro atoms. The van der Waals surface area contributed by atoms with Crippen LogP contribution in [0.25, 0.3) is 17.0 Å². The average Bonchev–Trinajstić information content (AvgIpc) is 3.49.